The average Bonchev–Trinajstić information content (AvgIpc) is 2.68. The Kier molecular flexibility index (Phi) is 4.97. The van der Waals surface area contributed by atoms with E-state index < -0.39 is 0 Å². The Hall–Kier alpha value is -2.62. The number of phenols is 1. The van der Waals surface area contributed by atoms with Crippen LogP contribution in [-0.2, 0) is 6.42 Å². The summed E-state index contributed by atoms with van der Waals surface area (Å²) in [5.74, 6) is 0.0656. The Morgan fingerprint density at radius 2 is 1.78 bits per heavy atom. The molecular formula is C22H16Cl2N2O. The Balaban J connectivity index is 1.84. The van der Waals surface area contributed by atoms with Crippen LogP contribution in [0.1, 0.15) is 22.7 Å². The molecule has 0 spiro atoms. The van der Waals surface area contributed by atoms with E-state index >= 15 is 0 Å². The van der Waals surface area contributed by atoms with E-state index in [9.17, 15) is 5.11 Å². The minimum Gasteiger partial charge on any atom is -0.505 e. The van der Waals surface area contributed by atoms with E-state index in [2.05, 4.69) is 9.97 Å². The molecule has 2 aromatic carbocycles. The molecule has 0 aliphatic heterocycles. The van der Waals surface area contributed by atoms with Crippen LogP contribution in [-0.4, -0.2) is 15.1 Å². The van der Waals surface area contributed by atoms with Gasteiger partial charge in [-0.2, -0.15) is 0 Å². The lowest BCUT2D eigenvalue weighted by molar-refractivity contribution is 0.469. The first-order valence-corrected chi connectivity index (χ1v) is 9.30. The Morgan fingerprint density at radius 3 is 2.56 bits per heavy atom. The molecule has 4 aromatic rings. The van der Waals surface area contributed by atoms with Crippen LogP contribution in [0.15, 0.2) is 73.1 Å². The monoisotopic (exact) mass is 394 g/mol. The summed E-state index contributed by atoms with van der Waals surface area (Å²) in [6.45, 7) is 0. The molecule has 1 N–H and O–H groups in total. The fourth-order valence-electron chi connectivity index (χ4n) is 3.29. The fraction of sp³-hybridized carbons (Fsp3) is 0.0909. The van der Waals surface area contributed by atoms with Gasteiger partial charge in [0.2, 0.25) is 0 Å². The van der Waals surface area contributed by atoms with Crippen LogP contribution in [0.4, 0.5) is 0 Å². The van der Waals surface area contributed by atoms with Crippen molar-refractivity contribution in [2.45, 2.75) is 12.3 Å². The number of hydrogen-bond acceptors (Lipinski definition) is 3. The van der Waals surface area contributed by atoms with E-state index in [1.807, 2.05) is 60.7 Å². The number of aromatic nitrogens is 2. The molecule has 1 unspecified atom stereocenters. The molecule has 27 heavy (non-hydrogen) atoms. The normalized spacial score (nSPS) is 12.2. The van der Waals surface area contributed by atoms with Gasteiger partial charge in [0.25, 0.3) is 0 Å². The third kappa shape index (κ3) is 3.75. The molecule has 0 bridgehead atoms. The highest BCUT2D eigenvalue weighted by Gasteiger charge is 2.21. The van der Waals surface area contributed by atoms with Crippen molar-refractivity contribution < 1.29 is 5.11 Å². The van der Waals surface area contributed by atoms with Crippen molar-refractivity contribution in [3.63, 3.8) is 0 Å². The number of phenolic OH excluding ortho intramolecular Hbond substituents is 1. The van der Waals surface area contributed by atoms with Crippen LogP contribution in [0.5, 0.6) is 5.75 Å². The van der Waals surface area contributed by atoms with Crippen LogP contribution < -0.4 is 0 Å². The zero-order valence-corrected chi connectivity index (χ0v) is 15.8. The summed E-state index contributed by atoms with van der Waals surface area (Å²) in [5, 5.41) is 13.1. The van der Waals surface area contributed by atoms with Crippen LogP contribution in [0.3, 0.4) is 0 Å². The van der Waals surface area contributed by atoms with Gasteiger partial charge in [0.15, 0.2) is 0 Å². The minimum atomic E-state index is -0.121. The lowest BCUT2D eigenvalue weighted by Crippen LogP contribution is -2.07. The second-order valence-corrected chi connectivity index (χ2v) is 7.23. The molecule has 3 nitrogen and oxygen atoms in total. The number of aromatic hydroxyl groups is 1. The maximum absolute atomic E-state index is 10.9. The quantitative estimate of drug-likeness (QED) is 0.460. The predicted octanol–water partition coefficient (Wildman–Crippen LogP) is 6.02. The number of nitrogens with zero attached hydrogens (tertiary/aromatic N) is 2. The van der Waals surface area contributed by atoms with Gasteiger partial charge in [-0.1, -0.05) is 53.5 Å². The lowest BCUT2D eigenvalue weighted by Gasteiger charge is -2.20. The molecule has 0 aliphatic carbocycles. The van der Waals surface area contributed by atoms with Gasteiger partial charge in [0, 0.05) is 46.4 Å². The summed E-state index contributed by atoms with van der Waals surface area (Å²) in [5.41, 5.74) is 3.26. The second-order valence-electron chi connectivity index (χ2n) is 6.36. The molecule has 0 saturated carbocycles. The number of benzene rings is 2. The van der Waals surface area contributed by atoms with Crippen molar-refractivity contribution in [1.29, 1.82) is 0 Å². The second kappa shape index (κ2) is 7.55. The number of halogens is 2. The summed E-state index contributed by atoms with van der Waals surface area (Å²) in [6.07, 6.45) is 3.91. The maximum atomic E-state index is 10.9. The Morgan fingerprint density at radius 1 is 0.889 bits per heavy atom. The molecule has 0 fully saturated rings. The first kappa shape index (κ1) is 17.8. The van der Waals surface area contributed by atoms with Gasteiger partial charge in [0.05, 0.1) is 5.02 Å². The molecule has 0 radical (unpaired) electrons. The van der Waals surface area contributed by atoms with Crippen molar-refractivity contribution in [3.8, 4) is 5.75 Å². The first-order valence-electron chi connectivity index (χ1n) is 8.54. The van der Waals surface area contributed by atoms with Gasteiger partial charge < -0.3 is 5.11 Å². The molecule has 2 heterocycles. The summed E-state index contributed by atoms with van der Waals surface area (Å²) < 4.78 is 0. The van der Waals surface area contributed by atoms with E-state index in [0.29, 0.717) is 22.0 Å². The average molecular weight is 395 g/mol. The summed E-state index contributed by atoms with van der Waals surface area (Å²) >= 11 is 12.2. The van der Waals surface area contributed by atoms with Gasteiger partial charge in [-0.25, -0.2) is 0 Å². The van der Waals surface area contributed by atoms with Crippen LogP contribution in [0.2, 0.25) is 10.0 Å². The third-order valence-electron chi connectivity index (χ3n) is 4.61. The van der Waals surface area contributed by atoms with Crippen LogP contribution in [0.25, 0.3) is 10.9 Å². The van der Waals surface area contributed by atoms with Crippen LogP contribution in [0, 0.1) is 0 Å². The topological polar surface area (TPSA) is 46.0 Å². The van der Waals surface area contributed by atoms with Gasteiger partial charge >= 0.3 is 0 Å². The van der Waals surface area contributed by atoms with E-state index in [0.717, 1.165) is 22.2 Å². The zero-order chi connectivity index (χ0) is 18.8. The van der Waals surface area contributed by atoms with Crippen molar-refractivity contribution >= 4 is 34.1 Å². The van der Waals surface area contributed by atoms with Crippen molar-refractivity contribution in [2.24, 2.45) is 0 Å². The van der Waals surface area contributed by atoms with E-state index in [4.69, 9.17) is 23.2 Å². The van der Waals surface area contributed by atoms with E-state index in [1.54, 1.807) is 12.4 Å². The molecular weight excluding hydrogens is 379 g/mol. The molecule has 0 saturated heterocycles. The van der Waals surface area contributed by atoms with Crippen molar-refractivity contribution in [3.05, 3.63) is 99.9 Å². The van der Waals surface area contributed by atoms with E-state index in [1.165, 1.54) is 0 Å². The van der Waals surface area contributed by atoms with E-state index in [-0.39, 0.29) is 11.7 Å². The number of rotatable bonds is 4. The highest BCUT2D eigenvalue weighted by molar-refractivity contribution is 6.30. The Bertz CT molecular complexity index is 1100. The van der Waals surface area contributed by atoms with Crippen molar-refractivity contribution in [1.82, 2.24) is 9.97 Å². The molecule has 5 heteroatoms. The molecule has 2 aromatic heterocycles. The third-order valence-corrected chi connectivity index (χ3v) is 5.07. The molecule has 0 aliphatic rings. The minimum absolute atomic E-state index is 0.121. The van der Waals surface area contributed by atoms with Crippen molar-refractivity contribution in [2.75, 3.05) is 0 Å². The molecule has 0 amide bonds. The summed E-state index contributed by atoms with van der Waals surface area (Å²) in [6, 6.07) is 19.1. The zero-order valence-electron chi connectivity index (χ0n) is 14.3. The fourth-order valence-corrected chi connectivity index (χ4v) is 3.60. The smallest absolute Gasteiger partial charge is 0.145 e. The summed E-state index contributed by atoms with van der Waals surface area (Å²) in [7, 11) is 0. The molecule has 4 rings (SSSR count). The van der Waals surface area contributed by atoms with Gasteiger partial charge in [-0.15, -0.1) is 0 Å². The first-order chi connectivity index (χ1) is 13.1. The van der Waals surface area contributed by atoms with Gasteiger partial charge in [-0.3, -0.25) is 9.97 Å². The molecule has 134 valence electrons. The Labute approximate surface area is 167 Å². The van der Waals surface area contributed by atoms with Gasteiger partial charge in [-0.05, 0) is 35.9 Å². The maximum Gasteiger partial charge on any atom is 0.145 e. The summed E-state index contributed by atoms with van der Waals surface area (Å²) in [4.78, 5) is 8.77. The lowest BCUT2D eigenvalue weighted by atomic mass is 9.86. The highest BCUT2D eigenvalue weighted by atomic mass is 35.5. The molecule has 1 atom stereocenters. The standard InChI is InChI=1S/C22H16Cl2N2O/c23-16-5-1-3-15(11-16)20(12-18-8-7-17(24)13-26-18)19-9-6-14-4-2-10-25-21(14)22(19)27/h1-11,13,20,27H,12H2. The van der Waals surface area contributed by atoms with Crippen LogP contribution >= 0.6 is 23.2 Å². The van der Waals surface area contributed by atoms with Gasteiger partial charge in [0.1, 0.15) is 11.3 Å². The number of hydrogen-bond donors (Lipinski definition) is 1. The highest BCUT2D eigenvalue weighted by Crippen LogP contribution is 2.38. The predicted molar refractivity (Wildman–Crippen MR) is 110 cm³/mol. The number of pyridine rings is 2. The number of fused-ring (bicyclic) bond motifs is 1. The largest absolute Gasteiger partial charge is 0.505 e. The SMILES string of the molecule is Oc1c(C(Cc2ccc(Cl)cn2)c2cccc(Cl)c2)ccc2cccnc12.